The fraction of sp³-hybridized carbons (Fsp3) is 0.500. The lowest BCUT2D eigenvalue weighted by Gasteiger charge is -2.36. The molecule has 7 heteroatoms. The summed E-state index contributed by atoms with van der Waals surface area (Å²) in [7, 11) is 0. The number of benzene rings is 1. The van der Waals surface area contributed by atoms with E-state index >= 15 is 0 Å². The minimum Gasteiger partial charge on any atom is -0.379 e. The molecular formula is C20H24FN3O3. The first-order chi connectivity index (χ1) is 13.1. The Morgan fingerprint density at radius 2 is 1.93 bits per heavy atom. The van der Waals surface area contributed by atoms with Crippen molar-refractivity contribution in [3.8, 4) is 0 Å². The third-order valence-electron chi connectivity index (χ3n) is 5.62. The monoisotopic (exact) mass is 373 g/mol. The van der Waals surface area contributed by atoms with Gasteiger partial charge >= 0.3 is 0 Å². The summed E-state index contributed by atoms with van der Waals surface area (Å²) in [6.45, 7) is 5.87. The lowest BCUT2D eigenvalue weighted by molar-refractivity contribution is 0.0242. The van der Waals surface area contributed by atoms with E-state index in [1.807, 2.05) is 0 Å². The van der Waals surface area contributed by atoms with Gasteiger partial charge in [0.1, 0.15) is 11.4 Å². The molecule has 6 nitrogen and oxygen atoms in total. The van der Waals surface area contributed by atoms with E-state index < -0.39 is 11.2 Å². The van der Waals surface area contributed by atoms with Crippen molar-refractivity contribution in [1.82, 2.24) is 14.8 Å². The molecule has 1 amide bonds. The van der Waals surface area contributed by atoms with E-state index in [0.29, 0.717) is 19.0 Å². The van der Waals surface area contributed by atoms with Crippen LogP contribution in [0.1, 0.15) is 23.2 Å². The Bertz CT molecular complexity index is 884. The number of aromatic amines is 1. The lowest BCUT2D eigenvalue weighted by atomic mass is 9.95. The van der Waals surface area contributed by atoms with Crippen LogP contribution in [0.25, 0.3) is 10.9 Å². The minimum absolute atomic E-state index is 0.0831. The number of morpholine rings is 1. The Balaban J connectivity index is 1.43. The summed E-state index contributed by atoms with van der Waals surface area (Å²) in [5.74, 6) is -0.198. The van der Waals surface area contributed by atoms with Crippen LogP contribution in [0.3, 0.4) is 0 Å². The number of ether oxygens (including phenoxy) is 1. The average molecular weight is 373 g/mol. The van der Waals surface area contributed by atoms with Crippen molar-refractivity contribution in [2.75, 3.05) is 45.9 Å². The molecule has 2 saturated heterocycles. The summed E-state index contributed by atoms with van der Waals surface area (Å²) in [5, 5.41) is 0.211. The number of nitrogens with zero attached hydrogens (tertiary/aromatic N) is 2. The van der Waals surface area contributed by atoms with Gasteiger partial charge in [0.25, 0.3) is 5.91 Å². The molecular weight excluding hydrogens is 349 g/mol. The van der Waals surface area contributed by atoms with Crippen molar-refractivity contribution in [2.45, 2.75) is 12.8 Å². The van der Waals surface area contributed by atoms with Crippen LogP contribution in [0.5, 0.6) is 0 Å². The highest BCUT2D eigenvalue weighted by Gasteiger charge is 2.27. The topological polar surface area (TPSA) is 65.6 Å². The number of rotatable bonds is 3. The molecule has 2 aliphatic rings. The standard InChI is InChI=1S/C20H24FN3O3/c21-17-3-1-2-15-18(17)22-12-16(19(15)25)20(26)24-6-4-14(5-7-24)13-23-8-10-27-11-9-23/h1-3,12,14H,4-11,13H2,(H,22,25). The molecule has 0 atom stereocenters. The zero-order valence-corrected chi connectivity index (χ0v) is 15.2. The summed E-state index contributed by atoms with van der Waals surface area (Å²) in [6, 6.07) is 4.32. The number of carbonyl (C=O) groups excluding carboxylic acids is 1. The number of halogens is 1. The third-order valence-corrected chi connectivity index (χ3v) is 5.62. The summed E-state index contributed by atoms with van der Waals surface area (Å²) in [6.07, 6.45) is 3.21. The molecule has 2 aromatic rings. The number of hydrogen-bond acceptors (Lipinski definition) is 4. The van der Waals surface area contributed by atoms with Crippen LogP contribution in [-0.4, -0.2) is 66.6 Å². The summed E-state index contributed by atoms with van der Waals surface area (Å²) < 4.78 is 19.2. The quantitative estimate of drug-likeness (QED) is 0.892. The van der Waals surface area contributed by atoms with Gasteiger partial charge in [0, 0.05) is 44.3 Å². The number of carbonyl (C=O) groups is 1. The zero-order chi connectivity index (χ0) is 18.8. The molecule has 0 spiro atoms. The maximum atomic E-state index is 13.8. The fourth-order valence-corrected chi connectivity index (χ4v) is 4.01. The van der Waals surface area contributed by atoms with Crippen LogP contribution in [0.15, 0.2) is 29.2 Å². The molecule has 1 aromatic heterocycles. The van der Waals surface area contributed by atoms with Gasteiger partial charge in [-0.05, 0) is 30.9 Å². The van der Waals surface area contributed by atoms with Crippen molar-refractivity contribution < 1.29 is 13.9 Å². The van der Waals surface area contributed by atoms with E-state index in [-0.39, 0.29) is 22.4 Å². The number of aromatic nitrogens is 1. The Morgan fingerprint density at radius 3 is 2.67 bits per heavy atom. The third kappa shape index (κ3) is 3.75. The van der Waals surface area contributed by atoms with E-state index in [1.165, 1.54) is 18.3 Å². The molecule has 2 aliphatic heterocycles. The zero-order valence-electron chi connectivity index (χ0n) is 15.2. The van der Waals surface area contributed by atoms with Gasteiger partial charge in [-0.25, -0.2) is 4.39 Å². The van der Waals surface area contributed by atoms with Crippen molar-refractivity contribution in [3.05, 3.63) is 46.0 Å². The van der Waals surface area contributed by atoms with Crippen LogP contribution >= 0.6 is 0 Å². The lowest BCUT2D eigenvalue weighted by Crippen LogP contribution is -2.45. The number of hydrogen-bond donors (Lipinski definition) is 1. The van der Waals surface area contributed by atoms with Crippen LogP contribution in [0, 0.1) is 11.7 Å². The molecule has 1 aromatic carbocycles. The summed E-state index contributed by atoms with van der Waals surface area (Å²) in [5.41, 5.74) is -0.188. The van der Waals surface area contributed by atoms with Gasteiger partial charge in [-0.3, -0.25) is 14.5 Å². The summed E-state index contributed by atoms with van der Waals surface area (Å²) in [4.78, 5) is 32.4. The first kappa shape index (κ1) is 18.1. The van der Waals surface area contributed by atoms with Crippen molar-refractivity contribution in [3.63, 3.8) is 0 Å². The largest absolute Gasteiger partial charge is 0.379 e. The number of amides is 1. The highest BCUT2D eigenvalue weighted by molar-refractivity contribution is 5.97. The molecule has 1 N–H and O–H groups in total. The Morgan fingerprint density at radius 1 is 1.19 bits per heavy atom. The maximum absolute atomic E-state index is 13.8. The van der Waals surface area contributed by atoms with E-state index in [9.17, 15) is 14.0 Å². The van der Waals surface area contributed by atoms with Gasteiger partial charge in [0.2, 0.25) is 5.43 Å². The van der Waals surface area contributed by atoms with E-state index in [0.717, 1.165) is 45.7 Å². The van der Waals surface area contributed by atoms with Gasteiger partial charge in [-0.15, -0.1) is 0 Å². The number of para-hydroxylation sites is 1. The number of piperidine rings is 1. The molecule has 4 rings (SSSR count). The van der Waals surface area contributed by atoms with Gasteiger partial charge in [0.15, 0.2) is 0 Å². The smallest absolute Gasteiger partial charge is 0.259 e. The molecule has 0 bridgehead atoms. The minimum atomic E-state index is -0.493. The van der Waals surface area contributed by atoms with Crippen LogP contribution in [0.4, 0.5) is 4.39 Å². The Labute approximate surface area is 156 Å². The number of pyridine rings is 1. The predicted molar refractivity (Wildman–Crippen MR) is 100 cm³/mol. The van der Waals surface area contributed by atoms with E-state index in [2.05, 4.69) is 9.88 Å². The predicted octanol–water partition coefficient (Wildman–Crippen LogP) is 1.85. The second-order valence-electron chi connectivity index (χ2n) is 7.34. The normalized spacial score (nSPS) is 19.5. The molecule has 3 heterocycles. The molecule has 0 radical (unpaired) electrons. The molecule has 0 saturated carbocycles. The molecule has 0 unspecified atom stereocenters. The molecule has 144 valence electrons. The molecule has 27 heavy (non-hydrogen) atoms. The maximum Gasteiger partial charge on any atom is 0.259 e. The average Bonchev–Trinajstić information content (AvgIpc) is 2.70. The van der Waals surface area contributed by atoms with Crippen molar-refractivity contribution >= 4 is 16.8 Å². The highest BCUT2D eigenvalue weighted by atomic mass is 19.1. The van der Waals surface area contributed by atoms with Gasteiger partial charge in [-0.2, -0.15) is 0 Å². The number of nitrogens with one attached hydrogen (secondary N) is 1. The number of fused-ring (bicyclic) bond motifs is 1. The fourth-order valence-electron chi connectivity index (χ4n) is 4.01. The van der Waals surface area contributed by atoms with Crippen molar-refractivity contribution in [1.29, 1.82) is 0 Å². The van der Waals surface area contributed by atoms with Gasteiger partial charge < -0.3 is 14.6 Å². The summed E-state index contributed by atoms with van der Waals surface area (Å²) >= 11 is 0. The number of H-pyrrole nitrogens is 1. The van der Waals surface area contributed by atoms with Crippen LogP contribution in [0.2, 0.25) is 0 Å². The number of likely N-dealkylation sites (tertiary alicyclic amines) is 1. The van der Waals surface area contributed by atoms with Gasteiger partial charge in [-0.1, -0.05) is 6.07 Å². The highest BCUT2D eigenvalue weighted by Crippen LogP contribution is 2.21. The van der Waals surface area contributed by atoms with Crippen LogP contribution in [-0.2, 0) is 4.74 Å². The SMILES string of the molecule is O=C(c1c[nH]c2c(F)cccc2c1=O)N1CCC(CN2CCOCC2)CC1. The first-order valence-electron chi connectivity index (χ1n) is 9.53. The molecule has 0 aliphatic carbocycles. The molecule has 2 fully saturated rings. The van der Waals surface area contributed by atoms with Crippen molar-refractivity contribution in [2.24, 2.45) is 5.92 Å². The van der Waals surface area contributed by atoms with E-state index in [1.54, 1.807) is 11.0 Å². The Kier molecular flexibility index (Phi) is 5.22. The van der Waals surface area contributed by atoms with E-state index in [4.69, 9.17) is 4.74 Å². The van der Waals surface area contributed by atoms with Gasteiger partial charge in [0.05, 0.1) is 18.7 Å². The second kappa shape index (κ2) is 7.78. The Hall–Kier alpha value is -2.25. The van der Waals surface area contributed by atoms with Crippen LogP contribution < -0.4 is 5.43 Å². The second-order valence-corrected chi connectivity index (χ2v) is 7.34. The first-order valence-corrected chi connectivity index (χ1v) is 9.53.